The zero-order valence-electron chi connectivity index (χ0n) is 13.3. The van der Waals surface area contributed by atoms with E-state index in [1.165, 1.54) is 30.4 Å². The molecule has 0 spiro atoms. The van der Waals surface area contributed by atoms with Gasteiger partial charge in [0, 0.05) is 24.2 Å². The van der Waals surface area contributed by atoms with Gasteiger partial charge in [0.25, 0.3) is 11.6 Å². The van der Waals surface area contributed by atoms with Crippen LogP contribution in [0.1, 0.15) is 17.3 Å². The average Bonchev–Trinajstić information content (AvgIpc) is 2.95. The molecule has 0 aliphatic heterocycles. The van der Waals surface area contributed by atoms with Gasteiger partial charge in [-0.3, -0.25) is 25.0 Å². The Morgan fingerprint density at radius 2 is 1.96 bits per heavy atom. The van der Waals surface area contributed by atoms with E-state index < -0.39 is 10.8 Å². The molecule has 0 fully saturated rings. The number of halogens is 1. The molecule has 2 amide bonds. The maximum Gasteiger partial charge on any atom is 0.288 e. The number of nitrogens with one attached hydrogen (secondary N) is 2. The van der Waals surface area contributed by atoms with Gasteiger partial charge in [-0.05, 0) is 30.3 Å². The van der Waals surface area contributed by atoms with E-state index in [1.807, 2.05) is 0 Å². The van der Waals surface area contributed by atoms with Crippen LogP contribution in [0.15, 0.2) is 36.4 Å². The predicted octanol–water partition coefficient (Wildman–Crippen LogP) is 4.07. The Morgan fingerprint density at radius 1 is 1.19 bits per heavy atom. The van der Waals surface area contributed by atoms with Crippen molar-refractivity contribution in [3.05, 3.63) is 57.1 Å². The van der Waals surface area contributed by atoms with Crippen molar-refractivity contribution in [1.82, 2.24) is 4.98 Å². The van der Waals surface area contributed by atoms with Gasteiger partial charge < -0.3 is 5.32 Å². The van der Waals surface area contributed by atoms with Gasteiger partial charge in [-0.1, -0.05) is 22.9 Å². The number of amides is 2. The topological polar surface area (TPSA) is 114 Å². The third-order valence-corrected chi connectivity index (χ3v) is 4.59. The van der Waals surface area contributed by atoms with Crippen LogP contribution in [0.2, 0.25) is 5.02 Å². The second-order valence-electron chi connectivity index (χ2n) is 5.26. The van der Waals surface area contributed by atoms with Crippen molar-refractivity contribution in [1.29, 1.82) is 0 Å². The van der Waals surface area contributed by atoms with E-state index in [2.05, 4.69) is 15.6 Å². The van der Waals surface area contributed by atoms with Crippen molar-refractivity contribution < 1.29 is 14.5 Å². The van der Waals surface area contributed by atoms with Crippen LogP contribution in [-0.2, 0) is 4.79 Å². The summed E-state index contributed by atoms with van der Waals surface area (Å²) in [7, 11) is 0. The first-order valence-electron chi connectivity index (χ1n) is 7.27. The number of rotatable bonds is 4. The number of anilines is 2. The van der Waals surface area contributed by atoms with Crippen LogP contribution in [0.4, 0.5) is 16.5 Å². The number of aromatic nitrogens is 1. The van der Waals surface area contributed by atoms with Crippen molar-refractivity contribution in [2.24, 2.45) is 0 Å². The number of carbonyl (C=O) groups excluding carboxylic acids is 2. The second kappa shape index (κ2) is 7.06. The first kappa shape index (κ1) is 17.8. The standard InChI is InChI=1S/C16H11ClN4O4S/c1-8(22)18-10-3-5-12-14(7-10)26-16(19-12)20-15(23)9-2-4-11(17)13(6-9)21(24)25/h2-7H,1H3,(H,18,22)(H,19,20,23). The number of hydrogen-bond donors (Lipinski definition) is 2. The average molecular weight is 391 g/mol. The minimum absolute atomic E-state index is 0.0444. The fourth-order valence-corrected chi connectivity index (χ4v) is 3.31. The molecule has 3 aromatic rings. The number of nitro groups is 1. The lowest BCUT2D eigenvalue weighted by Gasteiger charge is -2.02. The van der Waals surface area contributed by atoms with Crippen LogP contribution in [0.3, 0.4) is 0 Å². The number of fused-ring (bicyclic) bond motifs is 1. The number of benzene rings is 2. The molecule has 0 atom stereocenters. The molecule has 26 heavy (non-hydrogen) atoms. The van der Waals surface area contributed by atoms with E-state index in [0.717, 1.165) is 10.8 Å². The Bertz CT molecular complexity index is 1050. The van der Waals surface area contributed by atoms with Gasteiger partial charge in [0.05, 0.1) is 15.1 Å². The van der Waals surface area contributed by atoms with Crippen LogP contribution in [0.5, 0.6) is 0 Å². The van der Waals surface area contributed by atoms with Crippen LogP contribution < -0.4 is 10.6 Å². The van der Waals surface area contributed by atoms with Crippen molar-refractivity contribution in [3.63, 3.8) is 0 Å². The SMILES string of the molecule is CC(=O)Nc1ccc2nc(NC(=O)c3ccc(Cl)c([N+](=O)[O-])c3)sc2c1. The summed E-state index contributed by atoms with van der Waals surface area (Å²) in [5.74, 6) is -0.724. The molecule has 8 nitrogen and oxygen atoms in total. The number of carbonyl (C=O) groups is 2. The van der Waals surface area contributed by atoms with Crippen LogP contribution in [0, 0.1) is 10.1 Å². The maximum absolute atomic E-state index is 12.3. The molecule has 0 saturated heterocycles. The highest BCUT2D eigenvalue weighted by Gasteiger charge is 2.17. The van der Waals surface area contributed by atoms with E-state index >= 15 is 0 Å². The lowest BCUT2D eigenvalue weighted by molar-refractivity contribution is -0.384. The number of nitro benzene ring substituents is 1. The lowest BCUT2D eigenvalue weighted by atomic mass is 10.2. The third kappa shape index (κ3) is 3.79. The van der Waals surface area contributed by atoms with Gasteiger partial charge in [0.1, 0.15) is 5.02 Å². The molecule has 0 radical (unpaired) electrons. The lowest BCUT2D eigenvalue weighted by Crippen LogP contribution is -2.11. The molecule has 132 valence electrons. The summed E-state index contributed by atoms with van der Waals surface area (Å²) >= 11 is 6.97. The molecule has 0 bridgehead atoms. The van der Waals surface area contributed by atoms with Crippen molar-refractivity contribution in [3.8, 4) is 0 Å². The fourth-order valence-electron chi connectivity index (χ4n) is 2.22. The molecule has 10 heteroatoms. The first-order valence-corrected chi connectivity index (χ1v) is 8.46. The minimum Gasteiger partial charge on any atom is -0.326 e. The zero-order chi connectivity index (χ0) is 18.8. The van der Waals surface area contributed by atoms with Gasteiger partial charge in [-0.2, -0.15) is 0 Å². The molecule has 0 aliphatic rings. The number of thiazole rings is 1. The monoisotopic (exact) mass is 390 g/mol. The van der Waals surface area contributed by atoms with Crippen molar-refractivity contribution >= 4 is 61.5 Å². The normalized spacial score (nSPS) is 10.5. The molecule has 3 rings (SSSR count). The molecular formula is C16H11ClN4O4S. The second-order valence-corrected chi connectivity index (χ2v) is 6.70. The Morgan fingerprint density at radius 3 is 2.65 bits per heavy atom. The summed E-state index contributed by atoms with van der Waals surface area (Å²) in [4.78, 5) is 38.0. The minimum atomic E-state index is -0.652. The summed E-state index contributed by atoms with van der Waals surface area (Å²) in [6.45, 7) is 1.41. The van der Waals surface area contributed by atoms with E-state index in [0.29, 0.717) is 16.3 Å². The van der Waals surface area contributed by atoms with Crippen LogP contribution in [-0.4, -0.2) is 21.7 Å². The Balaban J connectivity index is 1.84. The summed E-state index contributed by atoms with van der Waals surface area (Å²) < 4.78 is 0.772. The highest BCUT2D eigenvalue weighted by atomic mass is 35.5. The van der Waals surface area contributed by atoms with Gasteiger partial charge in [0.15, 0.2) is 5.13 Å². The molecule has 0 saturated carbocycles. The summed E-state index contributed by atoms with van der Waals surface area (Å²) in [5, 5.41) is 16.5. The summed E-state index contributed by atoms with van der Waals surface area (Å²) in [6, 6.07) is 8.98. The van der Waals surface area contributed by atoms with E-state index in [4.69, 9.17) is 11.6 Å². The first-order chi connectivity index (χ1) is 12.3. The quantitative estimate of drug-likeness (QED) is 0.514. The largest absolute Gasteiger partial charge is 0.326 e. The number of hydrogen-bond acceptors (Lipinski definition) is 6. The van der Waals surface area contributed by atoms with Gasteiger partial charge in [-0.25, -0.2) is 4.98 Å². The van der Waals surface area contributed by atoms with E-state index in [-0.39, 0.29) is 22.2 Å². The molecule has 2 aromatic carbocycles. The summed E-state index contributed by atoms with van der Waals surface area (Å²) in [6.07, 6.45) is 0. The molecule has 2 N–H and O–H groups in total. The number of nitrogens with zero attached hydrogens (tertiary/aromatic N) is 2. The van der Waals surface area contributed by atoms with Crippen molar-refractivity contribution in [2.45, 2.75) is 6.92 Å². The smallest absolute Gasteiger partial charge is 0.288 e. The van der Waals surface area contributed by atoms with E-state index in [9.17, 15) is 19.7 Å². The van der Waals surface area contributed by atoms with Gasteiger partial charge in [-0.15, -0.1) is 0 Å². The van der Waals surface area contributed by atoms with Gasteiger partial charge >= 0.3 is 0 Å². The molecule has 1 heterocycles. The third-order valence-electron chi connectivity index (χ3n) is 3.33. The van der Waals surface area contributed by atoms with E-state index in [1.54, 1.807) is 18.2 Å². The predicted molar refractivity (Wildman–Crippen MR) is 100.0 cm³/mol. The fraction of sp³-hybridized carbons (Fsp3) is 0.0625. The Kier molecular flexibility index (Phi) is 4.83. The Labute approximate surface area is 156 Å². The Hall–Kier alpha value is -3.04. The molecular weight excluding hydrogens is 380 g/mol. The highest BCUT2D eigenvalue weighted by Crippen LogP contribution is 2.29. The highest BCUT2D eigenvalue weighted by molar-refractivity contribution is 7.22. The van der Waals surface area contributed by atoms with Crippen molar-refractivity contribution in [2.75, 3.05) is 10.6 Å². The van der Waals surface area contributed by atoms with Crippen LogP contribution >= 0.6 is 22.9 Å². The maximum atomic E-state index is 12.3. The zero-order valence-corrected chi connectivity index (χ0v) is 14.9. The molecule has 1 aromatic heterocycles. The van der Waals surface area contributed by atoms with Gasteiger partial charge in [0.2, 0.25) is 5.91 Å². The summed E-state index contributed by atoms with van der Waals surface area (Å²) in [5.41, 5.74) is 1.03. The molecule has 0 aliphatic carbocycles. The van der Waals surface area contributed by atoms with Crippen LogP contribution in [0.25, 0.3) is 10.2 Å². The molecule has 0 unspecified atom stereocenters.